The first kappa shape index (κ1) is 11.9. The van der Waals surface area contributed by atoms with E-state index in [2.05, 4.69) is 42.4 Å². The molecule has 0 aliphatic carbocycles. The number of rotatable bonds is 2. The van der Waals surface area contributed by atoms with E-state index in [-0.39, 0.29) is 0 Å². The van der Waals surface area contributed by atoms with Gasteiger partial charge in [0.1, 0.15) is 0 Å². The van der Waals surface area contributed by atoms with E-state index >= 15 is 0 Å². The first-order valence-corrected chi connectivity index (χ1v) is 4.33. The molecular formula is C6H11BrNS-. The van der Waals surface area contributed by atoms with Crippen LogP contribution in [0.4, 0.5) is 0 Å². The fraction of sp³-hybridized carbons (Fsp3) is 0.833. The summed E-state index contributed by atoms with van der Waals surface area (Å²) in [4.78, 5) is 0. The van der Waals surface area contributed by atoms with E-state index < -0.39 is 0 Å². The zero-order valence-electron chi connectivity index (χ0n) is 5.72. The van der Waals surface area contributed by atoms with Gasteiger partial charge in [0, 0.05) is 5.33 Å². The Morgan fingerprint density at radius 3 is 2.11 bits per heavy atom. The molecule has 54 valence electrons. The van der Waals surface area contributed by atoms with Crippen LogP contribution in [0.1, 0.15) is 20.3 Å². The van der Waals surface area contributed by atoms with Crippen molar-refractivity contribution in [3.05, 3.63) is 0 Å². The molecular weight excluding hydrogens is 198 g/mol. The van der Waals surface area contributed by atoms with Crippen LogP contribution in [-0.4, -0.2) is 5.33 Å². The number of hydrogen-bond donors (Lipinski definition) is 0. The zero-order chi connectivity index (χ0) is 7.70. The van der Waals surface area contributed by atoms with Crippen molar-refractivity contribution < 1.29 is 0 Å². The summed E-state index contributed by atoms with van der Waals surface area (Å²) in [5.74, 6) is 0.852. The molecule has 0 heterocycles. The Morgan fingerprint density at radius 2 is 2.11 bits per heavy atom. The molecule has 0 saturated carbocycles. The van der Waals surface area contributed by atoms with Crippen molar-refractivity contribution in [2.45, 2.75) is 20.3 Å². The van der Waals surface area contributed by atoms with Gasteiger partial charge in [-0.1, -0.05) is 41.6 Å². The molecule has 0 aliphatic heterocycles. The highest BCUT2D eigenvalue weighted by molar-refractivity contribution is 9.09. The first-order valence-electron chi connectivity index (χ1n) is 2.80. The van der Waals surface area contributed by atoms with Crippen molar-refractivity contribution in [1.29, 1.82) is 5.26 Å². The molecule has 0 fully saturated rings. The van der Waals surface area contributed by atoms with Crippen LogP contribution in [0.3, 0.4) is 0 Å². The Balaban J connectivity index is 0. The van der Waals surface area contributed by atoms with Gasteiger partial charge >= 0.3 is 0 Å². The number of alkyl halides is 1. The molecule has 0 rings (SSSR count). The van der Waals surface area contributed by atoms with Gasteiger partial charge in [-0.25, -0.2) is 5.26 Å². The number of thiocyanates is 1. The standard InChI is InChI=1S/C5H11Br.CHNS/c1-3-5(2)4-6;2-1-3/h5H,3-4H2,1-2H3;3H/p-1. The lowest BCUT2D eigenvalue weighted by atomic mass is 10.2. The van der Waals surface area contributed by atoms with Crippen molar-refractivity contribution in [3.63, 3.8) is 0 Å². The molecule has 0 aromatic rings. The van der Waals surface area contributed by atoms with Crippen molar-refractivity contribution in [2.75, 3.05) is 5.33 Å². The van der Waals surface area contributed by atoms with Crippen LogP contribution >= 0.6 is 15.9 Å². The van der Waals surface area contributed by atoms with E-state index in [0.29, 0.717) is 0 Å². The molecule has 0 saturated heterocycles. The molecule has 0 N–H and O–H groups in total. The maximum absolute atomic E-state index is 7.13. The Morgan fingerprint density at radius 1 is 1.78 bits per heavy atom. The largest absolute Gasteiger partial charge is 0.696 e. The van der Waals surface area contributed by atoms with Gasteiger partial charge in [0.15, 0.2) is 0 Å². The monoisotopic (exact) mass is 208 g/mol. The lowest BCUT2D eigenvalue weighted by molar-refractivity contribution is 0.641. The molecule has 0 amide bonds. The van der Waals surface area contributed by atoms with E-state index in [9.17, 15) is 0 Å². The fourth-order valence-electron chi connectivity index (χ4n) is 0.109. The third-order valence-corrected chi connectivity index (χ3v) is 2.07. The molecule has 1 unspecified atom stereocenters. The predicted octanol–water partition coefficient (Wildman–Crippen LogP) is 2.44. The second-order valence-corrected chi connectivity index (χ2v) is 2.59. The van der Waals surface area contributed by atoms with Crippen LogP contribution in [0.25, 0.3) is 0 Å². The molecule has 9 heavy (non-hydrogen) atoms. The highest BCUT2D eigenvalue weighted by Crippen LogP contribution is 2.02. The third kappa shape index (κ3) is 17.9. The summed E-state index contributed by atoms with van der Waals surface area (Å²) in [6.45, 7) is 4.43. The van der Waals surface area contributed by atoms with E-state index in [1.165, 1.54) is 11.8 Å². The van der Waals surface area contributed by atoms with Crippen LogP contribution < -0.4 is 0 Å². The Labute approximate surface area is 71.0 Å². The van der Waals surface area contributed by atoms with E-state index in [0.717, 1.165) is 11.2 Å². The smallest absolute Gasteiger partial charge is 0.00569 e. The van der Waals surface area contributed by atoms with Crippen molar-refractivity contribution in [1.82, 2.24) is 0 Å². The molecule has 0 radical (unpaired) electrons. The third-order valence-electron chi connectivity index (χ3n) is 0.960. The predicted molar refractivity (Wildman–Crippen MR) is 46.2 cm³/mol. The first-order chi connectivity index (χ1) is 4.22. The summed E-state index contributed by atoms with van der Waals surface area (Å²) in [5, 5.41) is 9.61. The Hall–Kier alpha value is 0.190. The summed E-state index contributed by atoms with van der Waals surface area (Å²) < 4.78 is 0. The number of nitrogens with zero attached hydrogens (tertiary/aromatic N) is 1. The van der Waals surface area contributed by atoms with Gasteiger partial charge in [0.05, 0.1) is 0 Å². The van der Waals surface area contributed by atoms with Gasteiger partial charge in [-0.2, -0.15) is 0 Å². The molecule has 3 heteroatoms. The summed E-state index contributed by atoms with van der Waals surface area (Å²) in [7, 11) is 0. The maximum atomic E-state index is 7.13. The number of halogens is 1. The van der Waals surface area contributed by atoms with Gasteiger partial charge < -0.3 is 12.6 Å². The van der Waals surface area contributed by atoms with Gasteiger partial charge in [-0.15, -0.1) is 0 Å². The second kappa shape index (κ2) is 11.0. The van der Waals surface area contributed by atoms with E-state index in [4.69, 9.17) is 5.26 Å². The van der Waals surface area contributed by atoms with Gasteiger partial charge in [-0.3, -0.25) is 0 Å². The van der Waals surface area contributed by atoms with E-state index in [1.54, 1.807) is 0 Å². The van der Waals surface area contributed by atoms with Crippen LogP contribution in [0.15, 0.2) is 0 Å². The Bertz CT molecular complexity index is 75.6. The van der Waals surface area contributed by atoms with Crippen LogP contribution in [0.2, 0.25) is 0 Å². The summed E-state index contributed by atoms with van der Waals surface area (Å²) in [6, 6.07) is 0. The molecule has 0 bridgehead atoms. The topological polar surface area (TPSA) is 23.8 Å². The minimum atomic E-state index is 0.852. The minimum Gasteiger partial charge on any atom is -0.696 e. The van der Waals surface area contributed by atoms with Crippen LogP contribution in [-0.2, 0) is 12.6 Å². The van der Waals surface area contributed by atoms with Gasteiger partial charge in [0.25, 0.3) is 0 Å². The van der Waals surface area contributed by atoms with Gasteiger partial charge in [-0.05, 0) is 5.92 Å². The summed E-state index contributed by atoms with van der Waals surface area (Å²) in [6.07, 6.45) is 1.28. The number of nitriles is 1. The van der Waals surface area contributed by atoms with Gasteiger partial charge in [0.2, 0.25) is 0 Å². The lowest BCUT2D eigenvalue weighted by Crippen LogP contribution is -1.89. The second-order valence-electron chi connectivity index (χ2n) is 1.76. The highest BCUT2D eigenvalue weighted by atomic mass is 79.9. The quantitative estimate of drug-likeness (QED) is 0.396. The highest BCUT2D eigenvalue weighted by Gasteiger charge is 1.90. The maximum Gasteiger partial charge on any atom is 0.00569 e. The molecule has 1 nitrogen and oxygen atoms in total. The van der Waals surface area contributed by atoms with Crippen molar-refractivity contribution in [2.24, 2.45) is 5.92 Å². The van der Waals surface area contributed by atoms with Crippen molar-refractivity contribution >= 4 is 28.6 Å². The molecule has 0 aliphatic rings. The molecule has 0 aromatic carbocycles. The molecule has 1 atom stereocenters. The molecule has 0 spiro atoms. The minimum absolute atomic E-state index is 0.852. The Kier molecular flexibility index (Phi) is 14.6. The summed E-state index contributed by atoms with van der Waals surface area (Å²) >= 11 is 7.07. The SMILES string of the molecule is CCC(C)CBr.N#C[S-]. The van der Waals surface area contributed by atoms with Crippen LogP contribution in [0.5, 0.6) is 0 Å². The number of hydrogen-bond acceptors (Lipinski definition) is 2. The van der Waals surface area contributed by atoms with Crippen LogP contribution in [0, 0.1) is 16.6 Å². The molecule has 0 aromatic heterocycles. The average molecular weight is 209 g/mol. The zero-order valence-corrected chi connectivity index (χ0v) is 8.13. The summed E-state index contributed by atoms with van der Waals surface area (Å²) in [5.41, 5.74) is 0. The average Bonchev–Trinajstić information content (AvgIpc) is 1.88. The lowest BCUT2D eigenvalue weighted by Gasteiger charge is -1.97. The van der Waals surface area contributed by atoms with Crippen molar-refractivity contribution in [3.8, 4) is 5.40 Å². The normalized spacial score (nSPS) is 10.4. The van der Waals surface area contributed by atoms with E-state index in [1.807, 2.05) is 0 Å². The fourth-order valence-corrected chi connectivity index (χ4v) is 0.567.